The average molecular weight is 249 g/mol. The molecule has 0 amide bonds. The standard InChI is InChI=1S/C16H27NO/c1-4-18-11-10-16(13-17-12-14(2)3)15-8-6-5-7-9-15/h5-9,14,16-17H,4,10-13H2,1-3H3. The zero-order valence-electron chi connectivity index (χ0n) is 12.0. The van der Waals surface area contributed by atoms with Gasteiger partial charge in [0.15, 0.2) is 0 Å². The molecular formula is C16H27NO. The minimum absolute atomic E-state index is 0.552. The number of hydrogen-bond donors (Lipinski definition) is 1. The van der Waals surface area contributed by atoms with Crippen molar-refractivity contribution in [2.24, 2.45) is 5.92 Å². The van der Waals surface area contributed by atoms with E-state index in [2.05, 4.69) is 56.4 Å². The maximum absolute atomic E-state index is 5.49. The van der Waals surface area contributed by atoms with E-state index in [9.17, 15) is 0 Å². The van der Waals surface area contributed by atoms with Crippen molar-refractivity contribution in [1.82, 2.24) is 5.32 Å². The maximum atomic E-state index is 5.49. The summed E-state index contributed by atoms with van der Waals surface area (Å²) in [6.45, 7) is 10.3. The van der Waals surface area contributed by atoms with Crippen LogP contribution in [0.4, 0.5) is 0 Å². The normalized spacial score (nSPS) is 12.9. The van der Waals surface area contributed by atoms with Gasteiger partial charge in [0.05, 0.1) is 0 Å². The Hall–Kier alpha value is -0.860. The van der Waals surface area contributed by atoms with Gasteiger partial charge in [-0.25, -0.2) is 0 Å². The SMILES string of the molecule is CCOCCC(CNCC(C)C)c1ccccc1. The van der Waals surface area contributed by atoms with E-state index in [1.807, 2.05) is 0 Å². The second-order valence-corrected chi connectivity index (χ2v) is 5.15. The van der Waals surface area contributed by atoms with Gasteiger partial charge in [-0.05, 0) is 37.3 Å². The zero-order valence-corrected chi connectivity index (χ0v) is 12.0. The van der Waals surface area contributed by atoms with E-state index in [-0.39, 0.29) is 0 Å². The molecule has 0 aromatic heterocycles. The highest BCUT2D eigenvalue weighted by Gasteiger charge is 2.10. The fourth-order valence-electron chi connectivity index (χ4n) is 2.03. The van der Waals surface area contributed by atoms with E-state index < -0.39 is 0 Å². The van der Waals surface area contributed by atoms with Gasteiger partial charge in [0.2, 0.25) is 0 Å². The minimum atomic E-state index is 0.552. The second kappa shape index (κ2) is 9.12. The minimum Gasteiger partial charge on any atom is -0.382 e. The molecule has 2 nitrogen and oxygen atoms in total. The van der Waals surface area contributed by atoms with Crippen LogP contribution in [0.1, 0.15) is 38.7 Å². The van der Waals surface area contributed by atoms with Crippen LogP contribution < -0.4 is 5.32 Å². The number of nitrogens with one attached hydrogen (secondary N) is 1. The zero-order chi connectivity index (χ0) is 13.2. The highest BCUT2D eigenvalue weighted by Crippen LogP contribution is 2.18. The molecule has 1 N–H and O–H groups in total. The average Bonchev–Trinajstić information content (AvgIpc) is 2.38. The predicted octanol–water partition coefficient (Wildman–Crippen LogP) is 3.44. The lowest BCUT2D eigenvalue weighted by molar-refractivity contribution is 0.139. The molecule has 18 heavy (non-hydrogen) atoms. The summed E-state index contributed by atoms with van der Waals surface area (Å²) in [5, 5.41) is 3.55. The van der Waals surface area contributed by atoms with Crippen molar-refractivity contribution in [2.75, 3.05) is 26.3 Å². The van der Waals surface area contributed by atoms with Crippen molar-refractivity contribution >= 4 is 0 Å². The summed E-state index contributed by atoms with van der Waals surface area (Å²) >= 11 is 0. The van der Waals surface area contributed by atoms with Crippen LogP contribution in [0.3, 0.4) is 0 Å². The van der Waals surface area contributed by atoms with Crippen LogP contribution in [-0.2, 0) is 4.74 Å². The molecule has 0 aliphatic rings. The molecule has 0 spiro atoms. The lowest BCUT2D eigenvalue weighted by atomic mass is 9.96. The van der Waals surface area contributed by atoms with Gasteiger partial charge >= 0.3 is 0 Å². The van der Waals surface area contributed by atoms with Gasteiger partial charge in [-0.15, -0.1) is 0 Å². The predicted molar refractivity (Wildman–Crippen MR) is 78.0 cm³/mol. The van der Waals surface area contributed by atoms with E-state index in [0.717, 1.165) is 32.7 Å². The first-order valence-corrected chi connectivity index (χ1v) is 7.07. The summed E-state index contributed by atoms with van der Waals surface area (Å²) in [5.74, 6) is 1.25. The van der Waals surface area contributed by atoms with E-state index in [1.54, 1.807) is 0 Å². The smallest absolute Gasteiger partial charge is 0.0472 e. The Balaban J connectivity index is 2.47. The second-order valence-electron chi connectivity index (χ2n) is 5.15. The van der Waals surface area contributed by atoms with Crippen molar-refractivity contribution in [3.8, 4) is 0 Å². The van der Waals surface area contributed by atoms with Gasteiger partial charge in [0.25, 0.3) is 0 Å². The molecule has 1 aromatic carbocycles. The maximum Gasteiger partial charge on any atom is 0.0472 e. The van der Waals surface area contributed by atoms with Gasteiger partial charge in [0.1, 0.15) is 0 Å². The monoisotopic (exact) mass is 249 g/mol. The van der Waals surface area contributed by atoms with E-state index in [1.165, 1.54) is 5.56 Å². The highest BCUT2D eigenvalue weighted by molar-refractivity contribution is 5.19. The van der Waals surface area contributed by atoms with Gasteiger partial charge in [-0.3, -0.25) is 0 Å². The number of hydrogen-bond acceptors (Lipinski definition) is 2. The highest BCUT2D eigenvalue weighted by atomic mass is 16.5. The summed E-state index contributed by atoms with van der Waals surface area (Å²) in [7, 11) is 0. The fourth-order valence-corrected chi connectivity index (χ4v) is 2.03. The molecule has 102 valence electrons. The van der Waals surface area contributed by atoms with Crippen LogP contribution in [0.2, 0.25) is 0 Å². The molecule has 1 aromatic rings. The molecular weight excluding hydrogens is 222 g/mol. The van der Waals surface area contributed by atoms with Gasteiger partial charge < -0.3 is 10.1 Å². The third-order valence-corrected chi connectivity index (χ3v) is 3.03. The summed E-state index contributed by atoms with van der Waals surface area (Å²) in [4.78, 5) is 0. The summed E-state index contributed by atoms with van der Waals surface area (Å²) in [6, 6.07) is 10.7. The Morgan fingerprint density at radius 2 is 1.83 bits per heavy atom. The Labute approximate surface area is 112 Å². The molecule has 0 radical (unpaired) electrons. The first-order valence-electron chi connectivity index (χ1n) is 7.07. The van der Waals surface area contributed by atoms with E-state index in [0.29, 0.717) is 11.8 Å². The Bertz CT molecular complexity index is 297. The van der Waals surface area contributed by atoms with E-state index in [4.69, 9.17) is 4.74 Å². The van der Waals surface area contributed by atoms with Crippen LogP contribution in [-0.4, -0.2) is 26.3 Å². The van der Waals surface area contributed by atoms with Crippen molar-refractivity contribution in [3.63, 3.8) is 0 Å². The first kappa shape index (κ1) is 15.2. The molecule has 1 rings (SSSR count). The summed E-state index contributed by atoms with van der Waals surface area (Å²) in [5.41, 5.74) is 1.41. The molecule has 0 fully saturated rings. The summed E-state index contributed by atoms with van der Waals surface area (Å²) < 4.78 is 5.49. The molecule has 2 heteroatoms. The van der Waals surface area contributed by atoms with E-state index >= 15 is 0 Å². The van der Waals surface area contributed by atoms with Crippen molar-refractivity contribution in [1.29, 1.82) is 0 Å². The quantitative estimate of drug-likeness (QED) is 0.677. The third kappa shape index (κ3) is 6.18. The fraction of sp³-hybridized carbons (Fsp3) is 0.625. The Kier molecular flexibility index (Phi) is 7.70. The van der Waals surface area contributed by atoms with Crippen LogP contribution in [0.5, 0.6) is 0 Å². The van der Waals surface area contributed by atoms with Crippen molar-refractivity contribution < 1.29 is 4.74 Å². The molecule has 0 aliphatic heterocycles. The number of rotatable bonds is 9. The molecule has 1 unspecified atom stereocenters. The third-order valence-electron chi connectivity index (χ3n) is 3.03. The molecule has 0 heterocycles. The van der Waals surface area contributed by atoms with Crippen LogP contribution in [0.15, 0.2) is 30.3 Å². The van der Waals surface area contributed by atoms with Crippen molar-refractivity contribution in [2.45, 2.75) is 33.1 Å². The molecule has 0 aliphatic carbocycles. The number of benzene rings is 1. The topological polar surface area (TPSA) is 21.3 Å². The molecule has 0 bridgehead atoms. The largest absolute Gasteiger partial charge is 0.382 e. The number of ether oxygens (including phenoxy) is 1. The Morgan fingerprint density at radius 3 is 2.44 bits per heavy atom. The van der Waals surface area contributed by atoms with Crippen LogP contribution >= 0.6 is 0 Å². The first-order chi connectivity index (χ1) is 8.74. The van der Waals surface area contributed by atoms with Gasteiger partial charge in [-0.1, -0.05) is 44.2 Å². The lowest BCUT2D eigenvalue weighted by Crippen LogP contribution is -2.26. The van der Waals surface area contributed by atoms with Gasteiger partial charge in [-0.2, -0.15) is 0 Å². The van der Waals surface area contributed by atoms with Crippen molar-refractivity contribution in [3.05, 3.63) is 35.9 Å². The van der Waals surface area contributed by atoms with Gasteiger partial charge in [0, 0.05) is 19.8 Å². The molecule has 1 atom stereocenters. The lowest BCUT2D eigenvalue weighted by Gasteiger charge is -2.19. The van der Waals surface area contributed by atoms with Crippen LogP contribution in [0, 0.1) is 5.92 Å². The summed E-state index contributed by atoms with van der Waals surface area (Å²) in [6.07, 6.45) is 1.09. The Morgan fingerprint density at radius 1 is 1.11 bits per heavy atom. The molecule has 0 saturated heterocycles. The molecule has 0 saturated carbocycles. The van der Waals surface area contributed by atoms with Crippen LogP contribution in [0.25, 0.3) is 0 Å².